The third-order valence-corrected chi connectivity index (χ3v) is 3.33. The van der Waals surface area contributed by atoms with Gasteiger partial charge in [0.05, 0.1) is 0 Å². The molecular weight excluding hydrogens is 214 g/mol. The van der Waals surface area contributed by atoms with Crippen LogP contribution < -0.4 is 0 Å². The summed E-state index contributed by atoms with van der Waals surface area (Å²) in [6.07, 6.45) is 7.53. The third kappa shape index (κ3) is 1.45. The smallest absolute Gasteiger partial charge is 0.0386 e. The normalized spacial score (nSPS) is 23.8. The van der Waals surface area contributed by atoms with Crippen LogP contribution in [0.1, 0.15) is 25.7 Å². The standard InChI is InChI=1S/C10H14BrN/c1-12-6-8-4-2-3-5-9(8)10(11)7-12/h7H,2-6H2,1H3. The Morgan fingerprint density at radius 3 is 2.92 bits per heavy atom. The Kier molecular flexibility index (Phi) is 2.26. The predicted molar refractivity (Wildman–Crippen MR) is 55.1 cm³/mol. The number of hydrogen-bond donors (Lipinski definition) is 0. The molecule has 0 fully saturated rings. The maximum atomic E-state index is 3.63. The van der Waals surface area contributed by atoms with E-state index < -0.39 is 0 Å². The minimum Gasteiger partial charge on any atom is -0.375 e. The van der Waals surface area contributed by atoms with Crippen LogP contribution in [0, 0.1) is 0 Å². The first-order chi connectivity index (χ1) is 5.77. The highest BCUT2D eigenvalue weighted by atomic mass is 79.9. The summed E-state index contributed by atoms with van der Waals surface area (Å²) in [5.74, 6) is 0. The number of allylic oxidation sites excluding steroid dienone is 2. The Balaban J connectivity index is 2.29. The van der Waals surface area contributed by atoms with Gasteiger partial charge in [0, 0.05) is 24.3 Å². The van der Waals surface area contributed by atoms with Crippen molar-refractivity contribution >= 4 is 15.9 Å². The van der Waals surface area contributed by atoms with Crippen molar-refractivity contribution < 1.29 is 0 Å². The Hall–Kier alpha value is -0.240. The molecule has 0 saturated carbocycles. The van der Waals surface area contributed by atoms with Crippen molar-refractivity contribution in [1.29, 1.82) is 0 Å². The third-order valence-electron chi connectivity index (χ3n) is 2.64. The monoisotopic (exact) mass is 227 g/mol. The van der Waals surface area contributed by atoms with Crippen LogP contribution >= 0.6 is 15.9 Å². The quantitative estimate of drug-likeness (QED) is 0.616. The Morgan fingerprint density at radius 1 is 1.33 bits per heavy atom. The number of likely N-dealkylation sites (N-methyl/N-ethyl adjacent to an activating group) is 1. The average Bonchev–Trinajstić information content (AvgIpc) is 2.04. The van der Waals surface area contributed by atoms with Gasteiger partial charge < -0.3 is 4.90 Å². The highest BCUT2D eigenvalue weighted by Gasteiger charge is 2.19. The maximum Gasteiger partial charge on any atom is 0.0386 e. The maximum absolute atomic E-state index is 3.63. The summed E-state index contributed by atoms with van der Waals surface area (Å²) in [5, 5.41) is 0. The first kappa shape index (κ1) is 8.36. The number of rotatable bonds is 0. The van der Waals surface area contributed by atoms with Crippen LogP contribution in [-0.2, 0) is 0 Å². The van der Waals surface area contributed by atoms with E-state index in [0.717, 1.165) is 6.54 Å². The summed E-state index contributed by atoms with van der Waals surface area (Å²) in [5.41, 5.74) is 3.23. The molecule has 2 aliphatic rings. The second kappa shape index (κ2) is 3.25. The van der Waals surface area contributed by atoms with E-state index in [9.17, 15) is 0 Å². The molecule has 0 bridgehead atoms. The largest absolute Gasteiger partial charge is 0.375 e. The molecule has 0 radical (unpaired) electrons. The Labute approximate surface area is 82.3 Å². The topological polar surface area (TPSA) is 3.24 Å². The van der Waals surface area contributed by atoms with Gasteiger partial charge in [0.2, 0.25) is 0 Å². The first-order valence-corrected chi connectivity index (χ1v) is 5.35. The minimum absolute atomic E-state index is 1.14. The highest BCUT2D eigenvalue weighted by Crippen LogP contribution is 2.35. The van der Waals surface area contributed by atoms with Crippen molar-refractivity contribution in [1.82, 2.24) is 4.90 Å². The molecule has 1 nitrogen and oxygen atoms in total. The molecule has 0 saturated heterocycles. The van der Waals surface area contributed by atoms with Crippen LogP contribution in [0.2, 0.25) is 0 Å². The fourth-order valence-corrected chi connectivity index (χ4v) is 2.88. The van der Waals surface area contributed by atoms with E-state index in [-0.39, 0.29) is 0 Å². The van der Waals surface area contributed by atoms with E-state index >= 15 is 0 Å². The fourth-order valence-electron chi connectivity index (χ4n) is 2.05. The van der Waals surface area contributed by atoms with Gasteiger partial charge in [-0.15, -0.1) is 0 Å². The molecular formula is C10H14BrN. The molecule has 0 atom stereocenters. The first-order valence-electron chi connectivity index (χ1n) is 4.56. The molecule has 1 aliphatic carbocycles. The lowest BCUT2D eigenvalue weighted by atomic mass is 9.90. The Morgan fingerprint density at radius 2 is 2.08 bits per heavy atom. The van der Waals surface area contributed by atoms with Gasteiger partial charge in [-0.25, -0.2) is 0 Å². The lowest BCUT2D eigenvalue weighted by molar-refractivity contribution is 0.463. The zero-order chi connectivity index (χ0) is 8.55. The van der Waals surface area contributed by atoms with Crippen molar-refractivity contribution in [3.05, 3.63) is 21.8 Å². The summed E-state index contributed by atoms with van der Waals surface area (Å²) in [4.78, 5) is 2.26. The molecule has 0 aromatic carbocycles. The molecule has 0 aromatic heterocycles. The fraction of sp³-hybridized carbons (Fsp3) is 0.600. The van der Waals surface area contributed by atoms with Gasteiger partial charge in [0.15, 0.2) is 0 Å². The molecule has 1 aliphatic heterocycles. The van der Waals surface area contributed by atoms with E-state index in [0.29, 0.717) is 0 Å². The molecule has 2 heteroatoms. The minimum atomic E-state index is 1.14. The number of nitrogens with zero attached hydrogens (tertiary/aromatic N) is 1. The predicted octanol–water partition coefficient (Wildman–Crippen LogP) is 3.04. The molecule has 0 unspecified atom stereocenters. The van der Waals surface area contributed by atoms with Crippen molar-refractivity contribution in [2.24, 2.45) is 0 Å². The van der Waals surface area contributed by atoms with Gasteiger partial charge in [-0.3, -0.25) is 0 Å². The van der Waals surface area contributed by atoms with Gasteiger partial charge in [-0.2, -0.15) is 0 Å². The van der Waals surface area contributed by atoms with Crippen LogP contribution in [0.5, 0.6) is 0 Å². The lowest BCUT2D eigenvalue weighted by Crippen LogP contribution is -2.22. The van der Waals surface area contributed by atoms with Crippen LogP contribution in [0.25, 0.3) is 0 Å². The van der Waals surface area contributed by atoms with Gasteiger partial charge >= 0.3 is 0 Å². The SMILES string of the molecule is CN1C=C(Br)C2=C(CCCC2)C1. The van der Waals surface area contributed by atoms with Crippen LogP contribution in [0.4, 0.5) is 0 Å². The van der Waals surface area contributed by atoms with Gasteiger partial charge in [0.25, 0.3) is 0 Å². The van der Waals surface area contributed by atoms with Gasteiger partial charge in [-0.1, -0.05) is 0 Å². The zero-order valence-electron chi connectivity index (χ0n) is 7.44. The Bertz CT molecular complexity index is 253. The van der Waals surface area contributed by atoms with Crippen molar-refractivity contribution in [2.75, 3.05) is 13.6 Å². The summed E-state index contributed by atoms with van der Waals surface area (Å²) in [6, 6.07) is 0. The van der Waals surface area contributed by atoms with Crippen molar-refractivity contribution in [3.8, 4) is 0 Å². The van der Waals surface area contributed by atoms with Gasteiger partial charge in [-0.05, 0) is 52.8 Å². The second-order valence-electron chi connectivity index (χ2n) is 3.68. The molecule has 66 valence electrons. The summed E-state index contributed by atoms with van der Waals surface area (Å²) in [6.45, 7) is 1.14. The summed E-state index contributed by atoms with van der Waals surface area (Å²) in [7, 11) is 2.14. The van der Waals surface area contributed by atoms with E-state index in [1.165, 1.54) is 30.2 Å². The molecule has 0 N–H and O–H groups in total. The zero-order valence-corrected chi connectivity index (χ0v) is 9.02. The summed E-state index contributed by atoms with van der Waals surface area (Å²) < 4.78 is 1.31. The van der Waals surface area contributed by atoms with E-state index in [2.05, 4.69) is 34.1 Å². The van der Waals surface area contributed by atoms with Crippen LogP contribution in [0.3, 0.4) is 0 Å². The molecule has 2 rings (SSSR count). The van der Waals surface area contributed by atoms with E-state index in [1.54, 1.807) is 11.1 Å². The highest BCUT2D eigenvalue weighted by molar-refractivity contribution is 9.12. The van der Waals surface area contributed by atoms with Crippen molar-refractivity contribution in [3.63, 3.8) is 0 Å². The molecule has 0 spiro atoms. The molecule has 12 heavy (non-hydrogen) atoms. The van der Waals surface area contributed by atoms with E-state index in [1.807, 2.05) is 0 Å². The number of hydrogen-bond acceptors (Lipinski definition) is 1. The van der Waals surface area contributed by atoms with Crippen LogP contribution in [-0.4, -0.2) is 18.5 Å². The average molecular weight is 228 g/mol. The second-order valence-corrected chi connectivity index (χ2v) is 4.54. The van der Waals surface area contributed by atoms with Gasteiger partial charge in [0.1, 0.15) is 0 Å². The molecule has 1 heterocycles. The van der Waals surface area contributed by atoms with Crippen molar-refractivity contribution in [2.45, 2.75) is 25.7 Å². The molecule has 0 amide bonds. The summed E-state index contributed by atoms with van der Waals surface area (Å²) >= 11 is 3.63. The van der Waals surface area contributed by atoms with E-state index in [4.69, 9.17) is 0 Å². The number of halogens is 1. The lowest BCUT2D eigenvalue weighted by Gasteiger charge is -2.29. The van der Waals surface area contributed by atoms with Crippen LogP contribution in [0.15, 0.2) is 21.8 Å². The molecule has 0 aromatic rings.